The molecule has 1 aliphatic rings. The third kappa shape index (κ3) is 3.78. The molecular weight excluding hydrogens is 372 g/mol. The minimum atomic E-state index is -0.0160. The summed E-state index contributed by atoms with van der Waals surface area (Å²) in [7, 11) is 0. The standard InChI is InChI=1S/C31H26/c1-31(2)29-21-25(15-13-23-9-5-3-6-10-23)17-19-27(29)28-20-18-26(22-30(28)31)16-14-24-11-7-4-8-12-24/h3-22H,1-2H3. The van der Waals surface area contributed by atoms with Crippen LogP contribution in [0.5, 0.6) is 0 Å². The molecule has 0 radical (unpaired) electrons. The molecule has 0 heteroatoms. The van der Waals surface area contributed by atoms with Gasteiger partial charge in [-0.1, -0.05) is 135 Å². The van der Waals surface area contributed by atoms with E-state index in [-0.39, 0.29) is 5.41 Å². The Hall–Kier alpha value is -3.64. The summed E-state index contributed by atoms with van der Waals surface area (Å²) in [6.45, 7) is 4.68. The highest BCUT2D eigenvalue weighted by atomic mass is 14.4. The van der Waals surface area contributed by atoms with Crippen LogP contribution in [0.3, 0.4) is 0 Å². The van der Waals surface area contributed by atoms with E-state index in [4.69, 9.17) is 0 Å². The lowest BCUT2D eigenvalue weighted by atomic mass is 9.81. The van der Waals surface area contributed by atoms with E-state index in [9.17, 15) is 0 Å². The second-order valence-corrected chi connectivity index (χ2v) is 8.72. The van der Waals surface area contributed by atoms with Gasteiger partial charge in [0.15, 0.2) is 0 Å². The molecule has 0 nitrogen and oxygen atoms in total. The summed E-state index contributed by atoms with van der Waals surface area (Å²) in [5.41, 5.74) is 10.4. The van der Waals surface area contributed by atoms with Crippen LogP contribution in [0, 0.1) is 0 Å². The zero-order chi connectivity index (χ0) is 21.3. The summed E-state index contributed by atoms with van der Waals surface area (Å²) in [6.07, 6.45) is 8.79. The van der Waals surface area contributed by atoms with Gasteiger partial charge in [-0.2, -0.15) is 0 Å². The summed E-state index contributed by atoms with van der Waals surface area (Å²) in [5, 5.41) is 0. The molecule has 4 aromatic rings. The Bertz CT molecular complexity index is 1170. The van der Waals surface area contributed by atoms with Crippen LogP contribution in [0.25, 0.3) is 35.4 Å². The van der Waals surface area contributed by atoms with Crippen LogP contribution in [0.15, 0.2) is 97.1 Å². The Labute approximate surface area is 185 Å². The molecule has 150 valence electrons. The van der Waals surface area contributed by atoms with Gasteiger partial charge in [0.05, 0.1) is 0 Å². The Kier molecular flexibility index (Phi) is 4.92. The van der Waals surface area contributed by atoms with Gasteiger partial charge in [0.25, 0.3) is 0 Å². The molecule has 1 aliphatic carbocycles. The first-order chi connectivity index (χ1) is 15.1. The molecule has 0 aromatic heterocycles. The average Bonchev–Trinajstić information content (AvgIpc) is 3.04. The van der Waals surface area contributed by atoms with Crippen molar-refractivity contribution in [1.29, 1.82) is 0 Å². The zero-order valence-corrected chi connectivity index (χ0v) is 18.0. The van der Waals surface area contributed by atoms with Crippen molar-refractivity contribution >= 4 is 24.3 Å². The average molecular weight is 399 g/mol. The molecule has 0 spiro atoms. The maximum Gasteiger partial charge on any atom is 0.0159 e. The van der Waals surface area contributed by atoms with Crippen LogP contribution < -0.4 is 0 Å². The van der Waals surface area contributed by atoms with Crippen LogP contribution in [0.2, 0.25) is 0 Å². The first kappa shape index (κ1) is 19.3. The zero-order valence-electron chi connectivity index (χ0n) is 18.0. The largest absolute Gasteiger partial charge is 0.0622 e. The van der Waals surface area contributed by atoms with Gasteiger partial charge in [0, 0.05) is 5.41 Å². The van der Waals surface area contributed by atoms with Crippen molar-refractivity contribution in [2.24, 2.45) is 0 Å². The fraction of sp³-hybridized carbons (Fsp3) is 0.0968. The molecule has 0 fully saturated rings. The van der Waals surface area contributed by atoms with Gasteiger partial charge < -0.3 is 0 Å². The fourth-order valence-electron chi connectivity index (χ4n) is 4.49. The minimum Gasteiger partial charge on any atom is -0.0622 e. The Morgan fingerprint density at radius 1 is 0.452 bits per heavy atom. The maximum atomic E-state index is 2.36. The third-order valence-electron chi connectivity index (χ3n) is 6.26. The van der Waals surface area contributed by atoms with Gasteiger partial charge in [-0.3, -0.25) is 0 Å². The van der Waals surface area contributed by atoms with Gasteiger partial charge in [-0.15, -0.1) is 0 Å². The van der Waals surface area contributed by atoms with Crippen molar-refractivity contribution in [2.75, 3.05) is 0 Å². The third-order valence-corrected chi connectivity index (χ3v) is 6.26. The molecule has 0 saturated heterocycles. The lowest BCUT2D eigenvalue weighted by Crippen LogP contribution is -2.15. The van der Waals surface area contributed by atoms with Crippen LogP contribution in [-0.4, -0.2) is 0 Å². The molecule has 31 heavy (non-hydrogen) atoms. The van der Waals surface area contributed by atoms with E-state index in [0.29, 0.717) is 0 Å². The fourth-order valence-corrected chi connectivity index (χ4v) is 4.49. The highest BCUT2D eigenvalue weighted by molar-refractivity contribution is 5.84. The molecular formula is C31H26. The predicted molar refractivity (Wildman–Crippen MR) is 135 cm³/mol. The van der Waals surface area contributed by atoms with E-state index in [0.717, 1.165) is 0 Å². The topological polar surface area (TPSA) is 0 Å². The quantitative estimate of drug-likeness (QED) is 0.303. The van der Waals surface area contributed by atoms with E-state index < -0.39 is 0 Å². The molecule has 0 N–H and O–H groups in total. The summed E-state index contributed by atoms with van der Waals surface area (Å²) in [4.78, 5) is 0. The molecule has 4 aromatic carbocycles. The SMILES string of the molecule is CC1(C)c2cc(C=Cc3ccccc3)ccc2-c2ccc(C=Cc3ccccc3)cc21. The first-order valence-electron chi connectivity index (χ1n) is 10.9. The molecule has 0 heterocycles. The number of hydrogen-bond donors (Lipinski definition) is 0. The molecule has 0 aliphatic heterocycles. The number of fused-ring (bicyclic) bond motifs is 3. The molecule has 0 saturated carbocycles. The van der Waals surface area contributed by atoms with Crippen molar-refractivity contribution in [3.63, 3.8) is 0 Å². The predicted octanol–water partition coefficient (Wildman–Crippen LogP) is 8.33. The monoisotopic (exact) mass is 398 g/mol. The molecule has 0 bridgehead atoms. The summed E-state index contributed by atoms with van der Waals surface area (Å²) < 4.78 is 0. The van der Waals surface area contributed by atoms with Crippen LogP contribution in [0.4, 0.5) is 0 Å². The van der Waals surface area contributed by atoms with Crippen molar-refractivity contribution < 1.29 is 0 Å². The smallest absolute Gasteiger partial charge is 0.0159 e. The van der Waals surface area contributed by atoms with E-state index in [1.54, 1.807) is 0 Å². The second kappa shape index (κ2) is 7.89. The van der Waals surface area contributed by atoms with Gasteiger partial charge in [-0.05, 0) is 44.5 Å². The van der Waals surface area contributed by atoms with Gasteiger partial charge >= 0.3 is 0 Å². The Balaban J connectivity index is 1.47. The second-order valence-electron chi connectivity index (χ2n) is 8.72. The highest BCUT2D eigenvalue weighted by Crippen LogP contribution is 2.49. The first-order valence-corrected chi connectivity index (χ1v) is 10.9. The van der Waals surface area contributed by atoms with Gasteiger partial charge in [0.2, 0.25) is 0 Å². The lowest BCUT2D eigenvalue weighted by Gasteiger charge is -2.22. The van der Waals surface area contributed by atoms with Crippen molar-refractivity contribution in [3.05, 3.63) is 130 Å². The molecule has 0 amide bonds. The summed E-state index contributed by atoms with van der Waals surface area (Å²) in [6, 6.07) is 34.7. The van der Waals surface area contributed by atoms with E-state index >= 15 is 0 Å². The number of rotatable bonds is 4. The van der Waals surface area contributed by atoms with Crippen molar-refractivity contribution in [1.82, 2.24) is 0 Å². The van der Waals surface area contributed by atoms with Gasteiger partial charge in [-0.25, -0.2) is 0 Å². The van der Waals surface area contributed by atoms with E-state index in [1.807, 2.05) is 0 Å². The molecule has 0 unspecified atom stereocenters. The normalized spacial score (nSPS) is 14.1. The summed E-state index contributed by atoms with van der Waals surface area (Å²) in [5.74, 6) is 0. The Morgan fingerprint density at radius 2 is 0.839 bits per heavy atom. The minimum absolute atomic E-state index is 0.0160. The number of hydrogen-bond acceptors (Lipinski definition) is 0. The lowest BCUT2D eigenvalue weighted by molar-refractivity contribution is 0.660. The van der Waals surface area contributed by atoms with Crippen LogP contribution >= 0.6 is 0 Å². The molecule has 0 atom stereocenters. The Morgan fingerprint density at radius 3 is 1.26 bits per heavy atom. The maximum absolute atomic E-state index is 2.36. The summed E-state index contributed by atoms with van der Waals surface area (Å²) >= 11 is 0. The van der Waals surface area contributed by atoms with E-state index in [1.165, 1.54) is 44.5 Å². The van der Waals surface area contributed by atoms with Crippen molar-refractivity contribution in [3.8, 4) is 11.1 Å². The highest BCUT2D eigenvalue weighted by Gasteiger charge is 2.35. The van der Waals surface area contributed by atoms with E-state index in [2.05, 4.69) is 135 Å². The van der Waals surface area contributed by atoms with Gasteiger partial charge in [0.1, 0.15) is 0 Å². The van der Waals surface area contributed by atoms with Crippen molar-refractivity contribution in [2.45, 2.75) is 19.3 Å². The molecule has 5 rings (SSSR count). The van der Waals surface area contributed by atoms with Crippen LogP contribution in [-0.2, 0) is 5.41 Å². The number of benzene rings is 4. The van der Waals surface area contributed by atoms with Crippen LogP contribution in [0.1, 0.15) is 47.2 Å².